The predicted octanol–water partition coefficient (Wildman–Crippen LogP) is 5.11. The Morgan fingerprint density at radius 3 is 2.09 bits per heavy atom. The highest BCUT2D eigenvalue weighted by Gasteiger charge is 2.44. The molecule has 1 aliphatic carbocycles. The second-order valence-corrected chi connectivity index (χ2v) is 28.6. The lowest BCUT2D eigenvalue weighted by molar-refractivity contribution is -0.401. The summed E-state index contributed by atoms with van der Waals surface area (Å²) in [4.78, 5) is 101. The number of nitrogens with zero attached hydrogens (tertiary/aromatic N) is 4. The summed E-state index contributed by atoms with van der Waals surface area (Å²) in [7, 11) is -7.29. The van der Waals surface area contributed by atoms with Gasteiger partial charge < -0.3 is 63.1 Å². The van der Waals surface area contributed by atoms with Crippen molar-refractivity contribution in [2.75, 3.05) is 31.6 Å². The van der Waals surface area contributed by atoms with Crippen LogP contribution in [-0.4, -0.2) is 140 Å². The Balaban J connectivity index is 0.897. The van der Waals surface area contributed by atoms with E-state index in [4.69, 9.17) is 21.7 Å². The number of benzene rings is 3. The standard InChI is InChI=1S/C68H91N13O14S2/c1-43(75-65(88)59(45-24-13-8-14-25-45)79-63(86)52(40-44-22-11-7-12-23-44)78-64(87)55-35-38-74-95-55)61(84)77-51(27-21-37-73-66(70)71)62(85)76-50(60(69)83)26-18-19-36-72-58(82)30-17-10-20-39-81-54-34-32-47(97(92,93)94)42-49(54)68(4,5)57(81)29-16-9-15-28-56-67(2,3)48-41-46(96(89,90)91)31-33-53(48)80(56)6/h8-9,13-16,24-25,28-29,31-35,38,41-44,50-52,59H,7,10-12,17-23,26-27,30,36-37,39-40H2,1-6H3,(H13-,69,70,71,72,73,75,76,77,78,79,82,83,84,85,86,87,88,89,90,91,92,93,94). The lowest BCUT2D eigenvalue weighted by Gasteiger charge is -2.28. The molecule has 97 heavy (non-hydrogen) atoms. The first kappa shape index (κ1) is 75.3. The van der Waals surface area contributed by atoms with Gasteiger partial charge in [0.05, 0.1) is 21.4 Å². The molecule has 13 N–H and O–H groups in total. The molecular weight excluding hydrogens is 1290 g/mol. The maximum absolute atomic E-state index is 14.2. The van der Waals surface area contributed by atoms with Crippen LogP contribution >= 0.6 is 0 Å². The number of carbonyl (C=O) groups is 7. The van der Waals surface area contributed by atoms with Crippen molar-refractivity contribution in [2.24, 2.45) is 28.1 Å². The SMILES string of the molecule is CC(NC(=O)C(NC(=O)C(CC1CCCCC1)NC(=O)c1ccno1)c1ccccc1)C(=O)NC(CCCN=C(N)N)C(=O)NC(CCCCNC(=O)CCCCCN1C(=CC=CC=CC2=[N+](C)c3ccc(S(=O)(=O)[O-])cc3C2(C)C)C(C)(C)c2cc(S(=O)(=O)O)ccc21)C(N)=O. The van der Waals surface area contributed by atoms with Crippen LogP contribution in [0.15, 0.2) is 134 Å². The quantitative estimate of drug-likeness (QED) is 0.00725. The van der Waals surface area contributed by atoms with E-state index in [-0.39, 0.29) is 72.1 Å². The van der Waals surface area contributed by atoms with E-state index in [2.05, 4.69) is 46.9 Å². The molecule has 3 aromatic carbocycles. The minimum atomic E-state index is -4.66. The molecule has 3 aliphatic rings. The highest BCUT2D eigenvalue weighted by Crippen LogP contribution is 2.49. The highest BCUT2D eigenvalue weighted by molar-refractivity contribution is 7.86. The van der Waals surface area contributed by atoms with Crippen molar-refractivity contribution in [3.8, 4) is 0 Å². The maximum atomic E-state index is 14.2. The number of amides is 7. The molecule has 0 saturated heterocycles. The van der Waals surface area contributed by atoms with Gasteiger partial charge in [0.2, 0.25) is 46.9 Å². The Hall–Kier alpha value is -9.06. The summed E-state index contributed by atoms with van der Waals surface area (Å²) < 4.78 is 77.0. The molecule has 0 bridgehead atoms. The van der Waals surface area contributed by atoms with E-state index in [0.29, 0.717) is 61.8 Å². The van der Waals surface area contributed by atoms with Gasteiger partial charge >= 0.3 is 0 Å². The van der Waals surface area contributed by atoms with Crippen LogP contribution in [0.4, 0.5) is 11.4 Å². The molecule has 27 nitrogen and oxygen atoms in total. The average Bonchev–Trinajstić information content (AvgIpc) is 1.60. The first-order valence-electron chi connectivity index (χ1n) is 32.6. The predicted molar refractivity (Wildman–Crippen MR) is 363 cm³/mol. The number of hydrogen-bond acceptors (Lipinski definition) is 16. The molecular formula is C68H91N13O14S2. The van der Waals surface area contributed by atoms with Crippen molar-refractivity contribution in [3.63, 3.8) is 0 Å². The number of unbranched alkanes of at least 4 members (excludes halogenated alkanes) is 3. The lowest BCUT2D eigenvalue weighted by Crippen LogP contribution is -2.57. The zero-order valence-corrected chi connectivity index (χ0v) is 57.3. The third kappa shape index (κ3) is 20.5. The van der Waals surface area contributed by atoms with E-state index in [1.54, 1.807) is 42.5 Å². The van der Waals surface area contributed by atoms with Crippen LogP contribution in [0.1, 0.15) is 164 Å². The van der Waals surface area contributed by atoms with Gasteiger partial charge in [-0.2, -0.15) is 13.0 Å². The fourth-order valence-corrected chi connectivity index (χ4v) is 13.6. The molecule has 1 saturated carbocycles. The zero-order chi connectivity index (χ0) is 70.8. The number of rotatable bonds is 34. The van der Waals surface area contributed by atoms with Gasteiger partial charge in [0.15, 0.2) is 11.7 Å². The molecule has 5 atom stereocenters. The third-order valence-corrected chi connectivity index (χ3v) is 19.6. The molecule has 1 aromatic heterocycles. The molecule has 3 heterocycles. The van der Waals surface area contributed by atoms with E-state index < -0.39 is 96.7 Å². The van der Waals surface area contributed by atoms with Crippen LogP contribution in [0, 0.1) is 5.92 Å². The minimum Gasteiger partial charge on any atom is -0.744 e. The number of allylic oxidation sites excluding steroid dienone is 6. The van der Waals surface area contributed by atoms with Crippen LogP contribution < -0.4 is 54.0 Å². The largest absolute Gasteiger partial charge is 0.744 e. The molecule has 0 radical (unpaired) electrons. The smallest absolute Gasteiger partial charge is 0.294 e. The molecule has 4 aromatic rings. The van der Waals surface area contributed by atoms with Gasteiger partial charge in [0.1, 0.15) is 47.4 Å². The summed E-state index contributed by atoms with van der Waals surface area (Å²) in [6.45, 7) is 10.1. The van der Waals surface area contributed by atoms with Gasteiger partial charge in [-0.05, 0) is 126 Å². The summed E-state index contributed by atoms with van der Waals surface area (Å²) in [5.74, 6) is -4.74. The molecule has 0 spiro atoms. The van der Waals surface area contributed by atoms with Crippen molar-refractivity contribution in [3.05, 3.63) is 138 Å². The van der Waals surface area contributed by atoms with Crippen LogP contribution in [0.2, 0.25) is 0 Å². The third-order valence-electron chi connectivity index (χ3n) is 18.0. The van der Waals surface area contributed by atoms with Crippen molar-refractivity contribution in [1.29, 1.82) is 0 Å². The summed E-state index contributed by atoms with van der Waals surface area (Å²) in [6, 6.07) is 12.5. The number of aliphatic imine (C=N–C) groups is 1. The summed E-state index contributed by atoms with van der Waals surface area (Å²) >= 11 is 0. The van der Waals surface area contributed by atoms with Crippen molar-refractivity contribution < 1.29 is 68.6 Å². The maximum Gasteiger partial charge on any atom is 0.294 e. The van der Waals surface area contributed by atoms with E-state index in [0.717, 1.165) is 54.9 Å². The molecule has 2 aliphatic heterocycles. The van der Waals surface area contributed by atoms with Gasteiger partial charge in [0, 0.05) is 66.6 Å². The van der Waals surface area contributed by atoms with Gasteiger partial charge in [-0.15, -0.1) is 0 Å². The zero-order valence-electron chi connectivity index (χ0n) is 55.7. The highest BCUT2D eigenvalue weighted by atomic mass is 32.2. The van der Waals surface area contributed by atoms with E-state index in [1.165, 1.54) is 43.5 Å². The van der Waals surface area contributed by atoms with E-state index >= 15 is 0 Å². The number of nitrogens with one attached hydrogen (secondary N) is 6. The average molecular weight is 1380 g/mol. The first-order chi connectivity index (χ1) is 45.9. The molecule has 524 valence electrons. The van der Waals surface area contributed by atoms with Gasteiger partial charge in [-0.1, -0.05) is 106 Å². The Kier molecular flexibility index (Phi) is 26.2. The van der Waals surface area contributed by atoms with Crippen molar-refractivity contribution in [2.45, 2.75) is 182 Å². The Labute approximate surface area is 566 Å². The molecule has 7 amide bonds. The van der Waals surface area contributed by atoms with Crippen LogP contribution in [0.5, 0.6) is 0 Å². The number of nitrogens with two attached hydrogens (primary N) is 3. The number of fused-ring (bicyclic) bond motifs is 2. The number of carbonyl (C=O) groups excluding carboxylic acids is 7. The Bertz CT molecular complexity index is 3900. The Morgan fingerprint density at radius 2 is 1.42 bits per heavy atom. The number of aromatic nitrogens is 1. The fourth-order valence-electron chi connectivity index (χ4n) is 12.6. The van der Waals surface area contributed by atoms with E-state index in [9.17, 15) is 59.5 Å². The van der Waals surface area contributed by atoms with Gasteiger partial charge in [-0.25, -0.2) is 8.42 Å². The number of guanidine groups is 1. The van der Waals surface area contributed by atoms with Gasteiger partial charge in [-0.3, -0.25) is 43.1 Å². The molecule has 7 rings (SSSR count). The Morgan fingerprint density at radius 1 is 0.742 bits per heavy atom. The number of anilines is 1. The second kappa shape index (κ2) is 33.7. The van der Waals surface area contributed by atoms with Gasteiger partial charge in [0.25, 0.3) is 16.0 Å². The first-order valence-corrected chi connectivity index (χ1v) is 35.5. The van der Waals surface area contributed by atoms with Crippen molar-refractivity contribution in [1.82, 2.24) is 37.1 Å². The summed E-state index contributed by atoms with van der Waals surface area (Å²) in [5.41, 5.74) is 20.6. The monoisotopic (exact) mass is 1380 g/mol. The summed E-state index contributed by atoms with van der Waals surface area (Å²) in [5, 5.41) is 20.0. The number of primary amides is 1. The van der Waals surface area contributed by atoms with Crippen LogP contribution in [0.3, 0.4) is 0 Å². The molecule has 5 unspecified atom stereocenters. The summed E-state index contributed by atoms with van der Waals surface area (Å²) in [6.07, 6.45) is 19.0. The normalized spacial score (nSPS) is 17.2. The lowest BCUT2D eigenvalue weighted by atomic mass is 9.81. The topological polar surface area (TPSA) is 426 Å². The van der Waals surface area contributed by atoms with Crippen LogP contribution in [0.25, 0.3) is 0 Å². The van der Waals surface area contributed by atoms with Crippen molar-refractivity contribution >= 4 is 84.6 Å². The molecule has 29 heteroatoms. The van der Waals surface area contributed by atoms with E-state index in [1.807, 2.05) is 69.7 Å². The minimum absolute atomic E-state index is 0.000470. The molecule has 1 fully saturated rings. The number of hydrogen-bond donors (Lipinski definition) is 10. The fraction of sp³-hybridized carbons (Fsp3) is 0.471. The second-order valence-electron chi connectivity index (χ2n) is 25.8. The van der Waals surface area contributed by atoms with Crippen LogP contribution in [-0.2, 0) is 59.8 Å².